The molecule has 0 bridgehead atoms. The minimum Gasteiger partial charge on any atom is -0.481 e. The van der Waals surface area contributed by atoms with Crippen LogP contribution in [0, 0.1) is 11.7 Å². The summed E-state index contributed by atoms with van der Waals surface area (Å²) < 4.78 is 38.0. The molecule has 1 aromatic carbocycles. The number of benzene rings is 1. The second-order valence-corrected chi connectivity index (χ2v) is 5.40. The molecule has 0 saturated heterocycles. The summed E-state index contributed by atoms with van der Waals surface area (Å²) in [6.07, 6.45) is 0. The zero-order chi connectivity index (χ0) is 13.1. The molecule has 7 heteroatoms. The van der Waals surface area contributed by atoms with Gasteiger partial charge in [0.05, 0.1) is 17.4 Å². The third-order valence-corrected chi connectivity index (χ3v) is 3.47. The molecule has 0 spiro atoms. The van der Waals surface area contributed by atoms with Crippen molar-refractivity contribution in [2.75, 3.05) is 10.5 Å². The normalized spacial score (nSPS) is 13.1. The van der Waals surface area contributed by atoms with Gasteiger partial charge in [-0.3, -0.25) is 9.52 Å². The van der Waals surface area contributed by atoms with Crippen LogP contribution in [-0.4, -0.2) is 25.2 Å². The molecule has 2 N–H and O–H groups in total. The Bertz CT molecular complexity index is 515. The summed E-state index contributed by atoms with van der Waals surface area (Å²) >= 11 is 0. The van der Waals surface area contributed by atoms with Crippen LogP contribution in [0.3, 0.4) is 0 Å². The summed E-state index contributed by atoms with van der Waals surface area (Å²) in [7, 11) is -3.79. The highest BCUT2D eigenvalue weighted by Crippen LogP contribution is 2.12. The fraction of sp³-hybridized carbons (Fsp3) is 0.300. The van der Waals surface area contributed by atoms with Crippen LogP contribution in [0.1, 0.15) is 6.92 Å². The van der Waals surface area contributed by atoms with Crippen LogP contribution in [0.15, 0.2) is 24.3 Å². The number of halogens is 1. The van der Waals surface area contributed by atoms with Gasteiger partial charge in [-0.25, -0.2) is 12.8 Å². The number of anilines is 1. The Kier molecular flexibility index (Phi) is 4.06. The number of hydrogen-bond donors (Lipinski definition) is 2. The highest BCUT2D eigenvalue weighted by Gasteiger charge is 2.20. The van der Waals surface area contributed by atoms with Gasteiger partial charge in [-0.15, -0.1) is 0 Å². The van der Waals surface area contributed by atoms with E-state index in [4.69, 9.17) is 5.11 Å². The summed E-state index contributed by atoms with van der Waals surface area (Å²) in [5, 5.41) is 8.60. The van der Waals surface area contributed by atoms with Gasteiger partial charge in [0.1, 0.15) is 5.82 Å². The molecular formula is C10H12FNO4S. The van der Waals surface area contributed by atoms with Crippen LogP contribution < -0.4 is 4.72 Å². The maximum atomic E-state index is 12.8. The molecule has 1 atom stereocenters. The van der Waals surface area contributed by atoms with E-state index in [0.717, 1.165) is 6.07 Å². The van der Waals surface area contributed by atoms with Gasteiger partial charge in [-0.05, 0) is 18.2 Å². The Labute approximate surface area is 98.3 Å². The molecule has 0 aromatic heterocycles. The first-order chi connectivity index (χ1) is 7.80. The predicted octanol–water partition coefficient (Wildman–Crippen LogP) is 1.29. The second kappa shape index (κ2) is 5.13. The molecule has 5 nitrogen and oxygen atoms in total. The van der Waals surface area contributed by atoms with Crippen LogP contribution >= 0.6 is 0 Å². The first kappa shape index (κ1) is 13.4. The number of carboxylic acid groups (broad SMARTS) is 1. The minimum absolute atomic E-state index is 0.0718. The summed E-state index contributed by atoms with van der Waals surface area (Å²) in [6, 6.07) is 4.93. The average molecular weight is 261 g/mol. The van der Waals surface area contributed by atoms with E-state index in [0.29, 0.717) is 0 Å². The lowest BCUT2D eigenvalue weighted by molar-refractivity contribution is -0.140. The maximum Gasteiger partial charge on any atom is 0.307 e. The maximum absolute atomic E-state index is 12.8. The largest absolute Gasteiger partial charge is 0.481 e. The number of rotatable bonds is 5. The van der Waals surface area contributed by atoms with E-state index in [9.17, 15) is 17.6 Å². The predicted molar refractivity (Wildman–Crippen MR) is 60.6 cm³/mol. The molecule has 0 saturated carbocycles. The van der Waals surface area contributed by atoms with E-state index >= 15 is 0 Å². The van der Waals surface area contributed by atoms with Gasteiger partial charge in [0.2, 0.25) is 10.0 Å². The third kappa shape index (κ3) is 4.39. The van der Waals surface area contributed by atoms with Gasteiger partial charge in [-0.1, -0.05) is 13.0 Å². The fourth-order valence-electron chi connectivity index (χ4n) is 1.17. The smallest absolute Gasteiger partial charge is 0.307 e. The van der Waals surface area contributed by atoms with Crippen molar-refractivity contribution in [1.29, 1.82) is 0 Å². The molecule has 0 fully saturated rings. The van der Waals surface area contributed by atoms with Gasteiger partial charge >= 0.3 is 5.97 Å². The van der Waals surface area contributed by atoms with Crippen molar-refractivity contribution in [1.82, 2.24) is 0 Å². The Morgan fingerprint density at radius 1 is 1.53 bits per heavy atom. The first-order valence-corrected chi connectivity index (χ1v) is 6.44. The Morgan fingerprint density at radius 2 is 2.18 bits per heavy atom. The van der Waals surface area contributed by atoms with Gasteiger partial charge in [-0.2, -0.15) is 0 Å². The van der Waals surface area contributed by atoms with Crippen molar-refractivity contribution in [2.45, 2.75) is 6.92 Å². The quantitative estimate of drug-likeness (QED) is 0.836. The molecule has 0 aliphatic heterocycles. The highest BCUT2D eigenvalue weighted by molar-refractivity contribution is 7.92. The first-order valence-electron chi connectivity index (χ1n) is 4.79. The lowest BCUT2D eigenvalue weighted by atomic mass is 10.2. The van der Waals surface area contributed by atoms with Crippen molar-refractivity contribution in [2.24, 2.45) is 5.92 Å². The van der Waals surface area contributed by atoms with Gasteiger partial charge in [0.25, 0.3) is 0 Å². The third-order valence-electron chi connectivity index (χ3n) is 1.99. The van der Waals surface area contributed by atoms with E-state index in [1.807, 2.05) is 0 Å². The zero-order valence-electron chi connectivity index (χ0n) is 9.05. The molecule has 1 aromatic rings. The van der Waals surface area contributed by atoms with Crippen molar-refractivity contribution in [3.8, 4) is 0 Å². The summed E-state index contributed by atoms with van der Waals surface area (Å²) in [6.45, 7) is 1.28. The Balaban J connectivity index is 2.77. The van der Waals surface area contributed by atoms with Crippen molar-refractivity contribution in [3.63, 3.8) is 0 Å². The lowest BCUT2D eigenvalue weighted by Gasteiger charge is -2.10. The van der Waals surface area contributed by atoms with Crippen molar-refractivity contribution >= 4 is 21.7 Å². The van der Waals surface area contributed by atoms with Crippen LogP contribution in [-0.2, 0) is 14.8 Å². The Hall–Kier alpha value is -1.63. The summed E-state index contributed by atoms with van der Waals surface area (Å²) in [5.41, 5.74) is 0.0718. The molecule has 0 heterocycles. The number of aliphatic carboxylic acids is 1. The number of carboxylic acids is 1. The van der Waals surface area contributed by atoms with E-state index < -0.39 is 33.5 Å². The van der Waals surface area contributed by atoms with Crippen molar-refractivity contribution in [3.05, 3.63) is 30.1 Å². The average Bonchev–Trinajstić information content (AvgIpc) is 2.15. The lowest BCUT2D eigenvalue weighted by Crippen LogP contribution is -2.25. The van der Waals surface area contributed by atoms with E-state index in [-0.39, 0.29) is 5.69 Å². The van der Waals surface area contributed by atoms with Crippen LogP contribution in [0.2, 0.25) is 0 Å². The van der Waals surface area contributed by atoms with Crippen LogP contribution in [0.25, 0.3) is 0 Å². The molecule has 0 aliphatic rings. The Morgan fingerprint density at radius 3 is 2.71 bits per heavy atom. The summed E-state index contributed by atoms with van der Waals surface area (Å²) in [4.78, 5) is 10.5. The SMILES string of the molecule is CC(CS(=O)(=O)Nc1cccc(F)c1)C(=O)O. The molecule has 1 rings (SSSR count). The standard InChI is InChI=1S/C10H12FNO4S/c1-7(10(13)14)6-17(15,16)12-9-4-2-3-8(11)5-9/h2-5,7,12H,6H2,1H3,(H,13,14). The molecular weight excluding hydrogens is 249 g/mol. The molecule has 17 heavy (non-hydrogen) atoms. The zero-order valence-corrected chi connectivity index (χ0v) is 9.87. The van der Waals surface area contributed by atoms with E-state index in [1.165, 1.54) is 25.1 Å². The number of hydrogen-bond acceptors (Lipinski definition) is 3. The number of sulfonamides is 1. The second-order valence-electron chi connectivity index (χ2n) is 3.63. The number of carbonyl (C=O) groups is 1. The molecule has 1 unspecified atom stereocenters. The van der Waals surface area contributed by atoms with Gasteiger partial charge in [0.15, 0.2) is 0 Å². The van der Waals surface area contributed by atoms with Crippen LogP contribution in [0.5, 0.6) is 0 Å². The highest BCUT2D eigenvalue weighted by atomic mass is 32.2. The number of nitrogens with one attached hydrogen (secondary N) is 1. The van der Waals surface area contributed by atoms with E-state index in [1.54, 1.807) is 0 Å². The molecule has 0 radical (unpaired) electrons. The molecule has 94 valence electrons. The minimum atomic E-state index is -3.79. The summed E-state index contributed by atoms with van der Waals surface area (Å²) in [5.74, 6) is -3.36. The van der Waals surface area contributed by atoms with Crippen molar-refractivity contribution < 1.29 is 22.7 Å². The van der Waals surface area contributed by atoms with Gasteiger partial charge < -0.3 is 5.11 Å². The van der Waals surface area contributed by atoms with Crippen LogP contribution in [0.4, 0.5) is 10.1 Å². The van der Waals surface area contributed by atoms with Gasteiger partial charge in [0, 0.05) is 0 Å². The monoisotopic (exact) mass is 261 g/mol. The fourth-order valence-corrected chi connectivity index (χ4v) is 2.54. The topological polar surface area (TPSA) is 83.5 Å². The molecule has 0 aliphatic carbocycles. The van der Waals surface area contributed by atoms with E-state index in [2.05, 4.69) is 4.72 Å². The molecule has 0 amide bonds.